The van der Waals surface area contributed by atoms with E-state index in [0.717, 1.165) is 50.5 Å². The smallest absolute Gasteiger partial charge is 0.378 e. The number of nitrogens with one attached hydrogen (secondary N) is 1. The fourth-order valence-corrected chi connectivity index (χ4v) is 4.86. The van der Waals surface area contributed by atoms with Gasteiger partial charge in [0.25, 0.3) is 0 Å². The summed E-state index contributed by atoms with van der Waals surface area (Å²) in [5.74, 6) is 5.53. The van der Waals surface area contributed by atoms with Crippen LogP contribution in [0, 0.1) is 23.2 Å². The summed E-state index contributed by atoms with van der Waals surface area (Å²) in [5.41, 5.74) is 0.404. The third-order valence-electron chi connectivity index (χ3n) is 7.01. The van der Waals surface area contributed by atoms with Crippen LogP contribution >= 0.6 is 0 Å². The number of hydrogen-bond acceptors (Lipinski definition) is 3. The van der Waals surface area contributed by atoms with Crippen molar-refractivity contribution in [2.45, 2.75) is 58.0 Å². The minimum absolute atomic E-state index is 0.0132. The number of hydrogen-bond donors (Lipinski definition) is 2. The molecule has 2 aromatic rings. The molecule has 2 N–H and O–H groups in total. The molecule has 2 aromatic carbocycles. The molecule has 1 heterocycles. The second-order valence-corrected chi connectivity index (χ2v) is 10.3. The maximum absolute atomic E-state index is 13.2. The molecule has 1 atom stereocenters. The lowest BCUT2D eigenvalue weighted by Gasteiger charge is -2.32. The minimum Gasteiger partial charge on any atom is -0.378 e. The van der Waals surface area contributed by atoms with Gasteiger partial charge >= 0.3 is 6.18 Å². The van der Waals surface area contributed by atoms with Crippen LogP contribution in [0.3, 0.4) is 0 Å². The predicted octanol–water partition coefficient (Wildman–Crippen LogP) is 4.75. The third kappa shape index (κ3) is 6.45. The Labute approximate surface area is 204 Å². The van der Waals surface area contributed by atoms with Crippen LogP contribution in [0.15, 0.2) is 48.5 Å². The number of carbonyl (C=O) groups excluding carboxylic acids is 1. The Morgan fingerprint density at radius 1 is 1.11 bits per heavy atom. The lowest BCUT2D eigenvalue weighted by Crippen LogP contribution is -2.36. The van der Waals surface area contributed by atoms with Crippen molar-refractivity contribution in [3.8, 4) is 11.8 Å². The fraction of sp³-hybridized carbons (Fsp3) is 0.464. The zero-order chi connectivity index (χ0) is 25.3. The van der Waals surface area contributed by atoms with E-state index in [4.69, 9.17) is 0 Å². The number of aliphatic hydroxyl groups is 1. The summed E-state index contributed by atoms with van der Waals surface area (Å²) in [5, 5.41) is 12.5. The van der Waals surface area contributed by atoms with Crippen LogP contribution in [0.5, 0.6) is 0 Å². The highest BCUT2D eigenvalue weighted by Gasteiger charge is 2.58. The lowest BCUT2D eigenvalue weighted by atomic mass is 9.90. The number of likely N-dealkylation sites (tertiary alicyclic amines) is 1. The Kier molecular flexibility index (Phi) is 6.99. The summed E-state index contributed by atoms with van der Waals surface area (Å²) in [7, 11) is 0. The van der Waals surface area contributed by atoms with E-state index in [9.17, 15) is 23.1 Å². The predicted molar refractivity (Wildman–Crippen MR) is 128 cm³/mol. The largest absolute Gasteiger partial charge is 0.416 e. The zero-order valence-corrected chi connectivity index (χ0v) is 20.1. The van der Waals surface area contributed by atoms with Crippen LogP contribution in [0.2, 0.25) is 0 Å². The molecule has 2 aliphatic rings. The van der Waals surface area contributed by atoms with E-state index in [1.807, 2.05) is 24.3 Å². The number of rotatable bonds is 5. The molecule has 1 saturated carbocycles. The van der Waals surface area contributed by atoms with Gasteiger partial charge in [0.1, 0.15) is 5.60 Å². The van der Waals surface area contributed by atoms with Crippen molar-refractivity contribution < 1.29 is 23.1 Å². The highest BCUT2D eigenvalue weighted by Crippen LogP contribution is 2.59. The molecule has 0 radical (unpaired) electrons. The van der Waals surface area contributed by atoms with E-state index in [1.165, 1.54) is 17.7 Å². The minimum atomic E-state index is -4.43. The fourth-order valence-electron chi connectivity index (χ4n) is 4.86. The molecule has 2 fully saturated rings. The van der Waals surface area contributed by atoms with E-state index < -0.39 is 17.3 Å². The number of amides is 1. The van der Waals surface area contributed by atoms with Gasteiger partial charge in [0.05, 0.1) is 5.56 Å². The molecule has 4 nitrogen and oxygen atoms in total. The zero-order valence-electron chi connectivity index (χ0n) is 20.1. The molecule has 1 aliphatic carbocycles. The van der Waals surface area contributed by atoms with Gasteiger partial charge in [-0.3, -0.25) is 9.69 Å². The standard InChI is InChI=1S/C28H31F3N2O2/c1-26(2,35)12-11-20-7-9-21(10-8-20)19-33-15-13-27(14-16-33)17-24(27)25(34)32-18-22-5-3-4-6-23(22)28(29,30)31/h3-10,24,35H,13-19H2,1-2H3,(H,32,34)/t24-/m0/s1. The molecule has 1 spiro atoms. The maximum atomic E-state index is 13.2. The van der Waals surface area contributed by atoms with Gasteiger partial charge in [-0.2, -0.15) is 13.2 Å². The van der Waals surface area contributed by atoms with Crippen LogP contribution in [-0.2, 0) is 24.1 Å². The summed E-state index contributed by atoms with van der Waals surface area (Å²) in [6.07, 6.45) is -1.79. The van der Waals surface area contributed by atoms with Gasteiger partial charge < -0.3 is 10.4 Å². The molecule has 0 bridgehead atoms. The number of halogens is 3. The van der Waals surface area contributed by atoms with Crippen LogP contribution in [0.25, 0.3) is 0 Å². The Bertz CT molecular complexity index is 1120. The Morgan fingerprint density at radius 2 is 1.77 bits per heavy atom. The highest BCUT2D eigenvalue weighted by molar-refractivity contribution is 5.82. The first-order valence-corrected chi connectivity index (χ1v) is 11.9. The van der Waals surface area contributed by atoms with Gasteiger partial charge in [0.2, 0.25) is 5.91 Å². The van der Waals surface area contributed by atoms with Crippen molar-refractivity contribution in [1.29, 1.82) is 0 Å². The monoisotopic (exact) mass is 484 g/mol. The summed E-state index contributed by atoms with van der Waals surface area (Å²) in [6, 6.07) is 13.4. The first kappa shape index (κ1) is 25.3. The first-order valence-electron chi connectivity index (χ1n) is 11.9. The Morgan fingerprint density at radius 3 is 2.40 bits per heavy atom. The molecule has 186 valence electrons. The SMILES string of the molecule is CC(C)(O)C#Cc1ccc(CN2CCC3(CC2)C[C@H]3C(=O)NCc2ccccc2C(F)(F)F)cc1. The van der Waals surface area contributed by atoms with Gasteiger partial charge in [-0.15, -0.1) is 0 Å². The summed E-state index contributed by atoms with van der Waals surface area (Å²) >= 11 is 0. The third-order valence-corrected chi connectivity index (χ3v) is 7.01. The van der Waals surface area contributed by atoms with Crippen molar-refractivity contribution in [1.82, 2.24) is 10.2 Å². The summed E-state index contributed by atoms with van der Waals surface area (Å²) in [6.45, 7) is 5.79. The van der Waals surface area contributed by atoms with Crippen LogP contribution in [0.1, 0.15) is 55.4 Å². The van der Waals surface area contributed by atoms with E-state index in [2.05, 4.69) is 22.1 Å². The molecule has 1 aliphatic heterocycles. The van der Waals surface area contributed by atoms with Crippen molar-refractivity contribution in [2.75, 3.05) is 13.1 Å². The van der Waals surface area contributed by atoms with E-state index >= 15 is 0 Å². The van der Waals surface area contributed by atoms with Crippen molar-refractivity contribution in [2.24, 2.45) is 11.3 Å². The summed E-state index contributed by atoms with van der Waals surface area (Å²) in [4.78, 5) is 15.1. The average molecular weight is 485 g/mol. The average Bonchev–Trinajstić information content (AvgIpc) is 3.51. The number of benzene rings is 2. The molecule has 35 heavy (non-hydrogen) atoms. The van der Waals surface area contributed by atoms with Crippen LogP contribution < -0.4 is 5.32 Å². The van der Waals surface area contributed by atoms with Crippen molar-refractivity contribution >= 4 is 5.91 Å². The normalized spacial score (nSPS) is 19.7. The second-order valence-electron chi connectivity index (χ2n) is 10.3. The van der Waals surface area contributed by atoms with Crippen molar-refractivity contribution in [3.05, 3.63) is 70.8 Å². The van der Waals surface area contributed by atoms with E-state index in [0.29, 0.717) is 0 Å². The van der Waals surface area contributed by atoms with E-state index in [1.54, 1.807) is 19.9 Å². The van der Waals surface area contributed by atoms with Gasteiger partial charge in [-0.25, -0.2) is 0 Å². The number of alkyl halides is 3. The molecule has 4 rings (SSSR count). The van der Waals surface area contributed by atoms with Gasteiger partial charge in [-0.05, 0) is 80.9 Å². The number of nitrogens with zero attached hydrogens (tertiary/aromatic N) is 1. The van der Waals surface area contributed by atoms with Crippen LogP contribution in [-0.4, -0.2) is 34.6 Å². The molecule has 1 saturated heterocycles. The molecular weight excluding hydrogens is 453 g/mol. The molecular formula is C28H31F3N2O2. The van der Waals surface area contributed by atoms with Crippen LogP contribution in [0.4, 0.5) is 13.2 Å². The molecule has 7 heteroatoms. The topological polar surface area (TPSA) is 52.6 Å². The quantitative estimate of drug-likeness (QED) is 0.603. The Balaban J connectivity index is 1.25. The van der Waals surface area contributed by atoms with Gasteiger partial charge in [-0.1, -0.05) is 42.2 Å². The first-order chi connectivity index (χ1) is 16.5. The number of carbonyl (C=O) groups is 1. The Hall–Kier alpha value is -2.82. The summed E-state index contributed by atoms with van der Waals surface area (Å²) < 4.78 is 39.6. The highest BCUT2D eigenvalue weighted by atomic mass is 19.4. The van der Waals surface area contributed by atoms with Gasteiger partial charge in [0, 0.05) is 24.6 Å². The second kappa shape index (κ2) is 9.67. The molecule has 1 amide bonds. The molecule has 0 unspecified atom stereocenters. The number of piperidine rings is 1. The van der Waals surface area contributed by atoms with E-state index in [-0.39, 0.29) is 29.3 Å². The maximum Gasteiger partial charge on any atom is 0.416 e. The molecule has 0 aromatic heterocycles. The van der Waals surface area contributed by atoms with Crippen molar-refractivity contribution in [3.63, 3.8) is 0 Å². The van der Waals surface area contributed by atoms with Gasteiger partial charge in [0.15, 0.2) is 0 Å². The lowest BCUT2D eigenvalue weighted by molar-refractivity contribution is -0.138.